The van der Waals surface area contributed by atoms with Crippen LogP contribution in [0.1, 0.15) is 36.5 Å². The van der Waals surface area contributed by atoms with E-state index in [-0.39, 0.29) is 18.1 Å². The Labute approximate surface area is 142 Å². The van der Waals surface area contributed by atoms with Crippen molar-refractivity contribution in [3.63, 3.8) is 0 Å². The lowest BCUT2D eigenvalue weighted by Gasteiger charge is -2.33. The minimum absolute atomic E-state index is 0.0259. The van der Waals surface area contributed by atoms with E-state index in [4.69, 9.17) is 4.74 Å². The fraction of sp³-hybridized carbons (Fsp3) is 0.611. The normalized spacial score (nSPS) is 28.3. The number of amides is 1. The second-order valence-electron chi connectivity index (χ2n) is 6.45. The molecule has 2 aliphatic heterocycles. The average molecular weight is 334 g/mol. The highest BCUT2D eigenvalue weighted by atomic mass is 32.2. The van der Waals surface area contributed by atoms with Crippen LogP contribution in [0.15, 0.2) is 24.3 Å². The van der Waals surface area contributed by atoms with Crippen LogP contribution in [0.4, 0.5) is 0 Å². The molecule has 5 heteroatoms. The van der Waals surface area contributed by atoms with Crippen molar-refractivity contribution in [1.29, 1.82) is 0 Å². The van der Waals surface area contributed by atoms with Gasteiger partial charge in [-0.05, 0) is 25.3 Å². The Balaban J connectivity index is 1.59. The second kappa shape index (κ2) is 8.18. The maximum Gasteiger partial charge on any atom is 0.221 e. The third kappa shape index (κ3) is 4.72. The molecule has 2 N–H and O–H groups in total. The minimum atomic E-state index is -0.0259. The summed E-state index contributed by atoms with van der Waals surface area (Å²) in [4.78, 5) is 12.4. The number of nitrogens with one attached hydrogen (secondary N) is 2. The summed E-state index contributed by atoms with van der Waals surface area (Å²) in [5, 5.41) is 6.64. The van der Waals surface area contributed by atoms with Gasteiger partial charge in [-0.25, -0.2) is 0 Å². The Morgan fingerprint density at radius 3 is 2.96 bits per heavy atom. The predicted octanol–water partition coefficient (Wildman–Crippen LogP) is 2.43. The number of ether oxygens (including phenoxy) is 1. The number of hydrogen-bond acceptors (Lipinski definition) is 4. The SMILES string of the molecule is Cc1ccc(C2OCCCC2NC(=O)CC2CSCCN2)cc1. The van der Waals surface area contributed by atoms with Crippen molar-refractivity contribution < 1.29 is 9.53 Å². The minimum Gasteiger partial charge on any atom is -0.371 e. The fourth-order valence-electron chi connectivity index (χ4n) is 3.25. The Bertz CT molecular complexity index is 514. The molecule has 2 fully saturated rings. The van der Waals surface area contributed by atoms with E-state index in [0.717, 1.165) is 43.1 Å². The molecule has 0 radical (unpaired) electrons. The van der Waals surface area contributed by atoms with Crippen molar-refractivity contribution in [2.24, 2.45) is 0 Å². The zero-order valence-electron chi connectivity index (χ0n) is 13.7. The summed E-state index contributed by atoms with van der Waals surface area (Å²) in [6.07, 6.45) is 2.52. The van der Waals surface area contributed by atoms with Gasteiger partial charge in [-0.15, -0.1) is 0 Å². The number of hydrogen-bond donors (Lipinski definition) is 2. The summed E-state index contributed by atoms with van der Waals surface area (Å²) in [7, 11) is 0. The van der Waals surface area contributed by atoms with E-state index in [1.165, 1.54) is 5.56 Å². The highest BCUT2D eigenvalue weighted by molar-refractivity contribution is 7.99. The van der Waals surface area contributed by atoms with Gasteiger partial charge >= 0.3 is 0 Å². The Morgan fingerprint density at radius 2 is 2.22 bits per heavy atom. The lowest BCUT2D eigenvalue weighted by Crippen LogP contribution is -2.46. The first kappa shape index (κ1) is 16.8. The van der Waals surface area contributed by atoms with Crippen molar-refractivity contribution in [1.82, 2.24) is 10.6 Å². The Kier molecular flexibility index (Phi) is 5.97. The summed E-state index contributed by atoms with van der Waals surface area (Å²) in [6, 6.07) is 8.82. The van der Waals surface area contributed by atoms with E-state index in [9.17, 15) is 4.79 Å². The fourth-order valence-corrected chi connectivity index (χ4v) is 4.20. The molecule has 3 rings (SSSR count). The number of benzene rings is 1. The average Bonchev–Trinajstić information content (AvgIpc) is 2.57. The lowest BCUT2D eigenvalue weighted by molar-refractivity contribution is -0.124. The van der Waals surface area contributed by atoms with Gasteiger partial charge in [-0.1, -0.05) is 29.8 Å². The van der Waals surface area contributed by atoms with Gasteiger partial charge in [-0.2, -0.15) is 11.8 Å². The third-order valence-electron chi connectivity index (χ3n) is 4.50. The topological polar surface area (TPSA) is 50.4 Å². The van der Waals surface area contributed by atoms with Crippen molar-refractivity contribution in [2.45, 2.75) is 44.4 Å². The third-order valence-corrected chi connectivity index (χ3v) is 5.64. The molecule has 1 amide bonds. The molecule has 0 aromatic heterocycles. The molecule has 2 saturated heterocycles. The number of aryl methyl sites for hydroxylation is 1. The molecule has 23 heavy (non-hydrogen) atoms. The van der Waals surface area contributed by atoms with E-state index < -0.39 is 0 Å². The standard InChI is InChI=1S/C18H26N2O2S/c1-13-4-6-14(7-5-13)18-16(3-2-9-22-18)20-17(21)11-15-12-23-10-8-19-15/h4-7,15-16,18-19H,2-3,8-12H2,1H3,(H,20,21). The zero-order valence-corrected chi connectivity index (χ0v) is 14.5. The molecular formula is C18H26N2O2S. The lowest BCUT2D eigenvalue weighted by atomic mass is 9.95. The molecule has 0 aliphatic carbocycles. The van der Waals surface area contributed by atoms with Gasteiger partial charge in [0.25, 0.3) is 0 Å². The molecule has 1 aromatic rings. The van der Waals surface area contributed by atoms with Crippen molar-refractivity contribution >= 4 is 17.7 Å². The summed E-state index contributed by atoms with van der Waals surface area (Å²) in [6.45, 7) is 3.85. The van der Waals surface area contributed by atoms with Gasteiger partial charge < -0.3 is 15.4 Å². The van der Waals surface area contributed by atoms with Crippen LogP contribution in [0.3, 0.4) is 0 Å². The first-order chi connectivity index (χ1) is 11.2. The molecule has 3 atom stereocenters. The largest absolute Gasteiger partial charge is 0.371 e. The van der Waals surface area contributed by atoms with E-state index in [1.54, 1.807) is 0 Å². The number of rotatable bonds is 4. The molecule has 0 saturated carbocycles. The van der Waals surface area contributed by atoms with Gasteiger partial charge in [0.15, 0.2) is 0 Å². The number of carbonyl (C=O) groups is 1. The van der Waals surface area contributed by atoms with Crippen LogP contribution in [0.25, 0.3) is 0 Å². The van der Waals surface area contributed by atoms with Crippen LogP contribution >= 0.6 is 11.8 Å². The molecule has 1 aromatic carbocycles. The van der Waals surface area contributed by atoms with Crippen molar-refractivity contribution in [2.75, 3.05) is 24.7 Å². The summed E-state index contributed by atoms with van der Waals surface area (Å²) >= 11 is 1.92. The van der Waals surface area contributed by atoms with Gasteiger partial charge in [0.2, 0.25) is 5.91 Å². The molecule has 126 valence electrons. The summed E-state index contributed by atoms with van der Waals surface area (Å²) in [5.74, 6) is 2.30. The van der Waals surface area contributed by atoms with Crippen molar-refractivity contribution in [3.05, 3.63) is 35.4 Å². The monoisotopic (exact) mass is 334 g/mol. The van der Waals surface area contributed by atoms with Crippen LogP contribution in [-0.4, -0.2) is 42.6 Å². The van der Waals surface area contributed by atoms with Crippen molar-refractivity contribution in [3.8, 4) is 0 Å². The van der Waals surface area contributed by atoms with Crippen LogP contribution < -0.4 is 10.6 Å². The zero-order chi connectivity index (χ0) is 16.1. The first-order valence-electron chi connectivity index (χ1n) is 8.51. The van der Waals surface area contributed by atoms with Crippen LogP contribution in [0.5, 0.6) is 0 Å². The molecule has 3 unspecified atom stereocenters. The molecule has 2 heterocycles. The Morgan fingerprint density at radius 1 is 1.39 bits per heavy atom. The smallest absolute Gasteiger partial charge is 0.221 e. The van der Waals surface area contributed by atoms with Crippen LogP contribution in [-0.2, 0) is 9.53 Å². The molecule has 4 nitrogen and oxygen atoms in total. The number of thioether (sulfide) groups is 1. The van der Waals surface area contributed by atoms with Crippen LogP contribution in [0.2, 0.25) is 0 Å². The molecule has 0 spiro atoms. The second-order valence-corrected chi connectivity index (χ2v) is 7.60. The van der Waals surface area contributed by atoms with E-state index in [0.29, 0.717) is 12.5 Å². The van der Waals surface area contributed by atoms with Gasteiger partial charge in [0.1, 0.15) is 6.10 Å². The first-order valence-corrected chi connectivity index (χ1v) is 9.66. The van der Waals surface area contributed by atoms with E-state index >= 15 is 0 Å². The highest BCUT2D eigenvalue weighted by Gasteiger charge is 2.29. The summed E-state index contributed by atoms with van der Waals surface area (Å²) in [5.41, 5.74) is 2.40. The molecule has 0 bridgehead atoms. The highest BCUT2D eigenvalue weighted by Crippen LogP contribution is 2.28. The maximum atomic E-state index is 12.4. The molecular weight excluding hydrogens is 308 g/mol. The quantitative estimate of drug-likeness (QED) is 0.888. The number of carbonyl (C=O) groups excluding carboxylic acids is 1. The predicted molar refractivity (Wildman–Crippen MR) is 94.8 cm³/mol. The Hall–Kier alpha value is -1.04. The maximum absolute atomic E-state index is 12.4. The summed E-state index contributed by atoms with van der Waals surface area (Å²) < 4.78 is 5.97. The van der Waals surface area contributed by atoms with Crippen LogP contribution in [0, 0.1) is 6.92 Å². The molecule has 2 aliphatic rings. The van der Waals surface area contributed by atoms with E-state index in [2.05, 4.69) is 41.8 Å². The van der Waals surface area contributed by atoms with Gasteiger partial charge in [-0.3, -0.25) is 4.79 Å². The van der Waals surface area contributed by atoms with Gasteiger partial charge in [0.05, 0.1) is 6.04 Å². The van der Waals surface area contributed by atoms with E-state index in [1.807, 2.05) is 11.8 Å². The van der Waals surface area contributed by atoms with Gasteiger partial charge in [0, 0.05) is 37.1 Å².